The van der Waals surface area contributed by atoms with Crippen LogP contribution < -0.4 is 0 Å². The number of aromatic nitrogens is 2. The van der Waals surface area contributed by atoms with Crippen LogP contribution in [0.1, 0.15) is 17.4 Å². The molecule has 0 spiro atoms. The molecule has 0 bridgehead atoms. The lowest BCUT2D eigenvalue weighted by molar-refractivity contribution is 0.0638. The van der Waals surface area contributed by atoms with Gasteiger partial charge in [-0.1, -0.05) is 6.92 Å². The molecule has 0 atom stereocenters. The molecule has 3 rings (SSSR count). The topological polar surface area (TPSA) is 52.2 Å². The Labute approximate surface area is 112 Å². The van der Waals surface area contributed by atoms with Gasteiger partial charge in [-0.15, -0.1) is 0 Å². The summed E-state index contributed by atoms with van der Waals surface area (Å²) in [4.78, 5) is 24.1. The molecular weight excluding hydrogens is 240 g/mol. The Morgan fingerprint density at radius 2 is 2.05 bits per heavy atom. The number of nitrogens with one attached hydrogen (secondary N) is 1. The van der Waals surface area contributed by atoms with Gasteiger partial charge in [-0.2, -0.15) is 0 Å². The van der Waals surface area contributed by atoms with Gasteiger partial charge in [-0.3, -0.25) is 4.79 Å². The number of carbonyl (C=O) groups excluding carboxylic acids is 1. The molecule has 2 aromatic rings. The van der Waals surface area contributed by atoms with Crippen molar-refractivity contribution in [1.29, 1.82) is 0 Å². The predicted molar refractivity (Wildman–Crippen MR) is 74.1 cm³/mol. The first-order valence-corrected chi connectivity index (χ1v) is 6.73. The molecule has 5 heteroatoms. The van der Waals surface area contributed by atoms with E-state index >= 15 is 0 Å². The number of nitrogens with zero attached hydrogens (tertiary/aromatic N) is 3. The van der Waals surface area contributed by atoms with Crippen LogP contribution in [-0.2, 0) is 0 Å². The van der Waals surface area contributed by atoms with Gasteiger partial charge in [-0.25, -0.2) is 4.98 Å². The fourth-order valence-corrected chi connectivity index (χ4v) is 2.48. The van der Waals surface area contributed by atoms with E-state index in [-0.39, 0.29) is 5.91 Å². The van der Waals surface area contributed by atoms with Crippen LogP contribution in [0.4, 0.5) is 0 Å². The number of hydrogen-bond donors (Lipinski definition) is 1. The van der Waals surface area contributed by atoms with Gasteiger partial charge < -0.3 is 14.8 Å². The number of amides is 1. The smallest absolute Gasteiger partial charge is 0.272 e. The number of H-pyrrole nitrogens is 1. The fraction of sp³-hybridized carbons (Fsp3) is 0.429. The second kappa shape index (κ2) is 5.01. The van der Waals surface area contributed by atoms with Gasteiger partial charge in [0.15, 0.2) is 0 Å². The molecule has 100 valence electrons. The zero-order valence-electron chi connectivity index (χ0n) is 11.1. The van der Waals surface area contributed by atoms with Crippen molar-refractivity contribution in [2.24, 2.45) is 0 Å². The lowest BCUT2D eigenvalue weighted by Crippen LogP contribution is -2.48. The number of fused-ring (bicyclic) bond motifs is 1. The van der Waals surface area contributed by atoms with Gasteiger partial charge >= 0.3 is 0 Å². The lowest BCUT2D eigenvalue weighted by Gasteiger charge is -2.33. The highest BCUT2D eigenvalue weighted by molar-refractivity contribution is 5.94. The van der Waals surface area contributed by atoms with Gasteiger partial charge in [0.05, 0.1) is 0 Å². The Kier molecular flexibility index (Phi) is 3.21. The Morgan fingerprint density at radius 3 is 2.79 bits per heavy atom. The van der Waals surface area contributed by atoms with Crippen molar-refractivity contribution in [3.05, 3.63) is 30.1 Å². The lowest BCUT2D eigenvalue weighted by atomic mass is 10.2. The number of pyridine rings is 1. The molecule has 0 radical (unpaired) electrons. The van der Waals surface area contributed by atoms with E-state index in [0.717, 1.165) is 43.8 Å². The number of rotatable bonds is 2. The first kappa shape index (κ1) is 12.2. The van der Waals surface area contributed by atoms with E-state index in [1.54, 1.807) is 0 Å². The van der Waals surface area contributed by atoms with E-state index < -0.39 is 0 Å². The van der Waals surface area contributed by atoms with E-state index in [1.165, 1.54) is 0 Å². The second-order valence-electron chi connectivity index (χ2n) is 4.84. The maximum atomic E-state index is 12.4. The minimum absolute atomic E-state index is 0.0345. The van der Waals surface area contributed by atoms with Crippen molar-refractivity contribution in [3.8, 4) is 0 Å². The zero-order chi connectivity index (χ0) is 13.2. The first-order valence-electron chi connectivity index (χ1n) is 6.73. The maximum Gasteiger partial charge on any atom is 0.272 e. The van der Waals surface area contributed by atoms with E-state index in [0.29, 0.717) is 5.69 Å². The monoisotopic (exact) mass is 258 g/mol. The molecule has 5 nitrogen and oxygen atoms in total. The molecule has 1 N–H and O–H groups in total. The standard InChI is InChI=1S/C14H18N4O/c1-2-17-7-9-18(10-8-17)14(19)12-4-3-11-5-6-15-13(11)16-12/h3-6H,2,7-10H2,1H3,(H,15,16). The molecule has 2 aromatic heterocycles. The minimum atomic E-state index is 0.0345. The van der Waals surface area contributed by atoms with Gasteiger partial charge in [-0.05, 0) is 24.7 Å². The number of likely N-dealkylation sites (N-methyl/N-ethyl adjacent to an activating group) is 1. The Bertz CT molecular complexity index is 584. The van der Waals surface area contributed by atoms with E-state index in [9.17, 15) is 4.79 Å². The number of hydrogen-bond acceptors (Lipinski definition) is 3. The molecule has 1 aliphatic heterocycles. The van der Waals surface area contributed by atoms with Crippen molar-refractivity contribution < 1.29 is 4.79 Å². The summed E-state index contributed by atoms with van der Waals surface area (Å²) in [7, 11) is 0. The maximum absolute atomic E-state index is 12.4. The van der Waals surface area contributed by atoms with Crippen molar-refractivity contribution >= 4 is 16.9 Å². The molecule has 3 heterocycles. The molecule has 0 saturated carbocycles. The van der Waals surface area contributed by atoms with Crippen molar-refractivity contribution in [3.63, 3.8) is 0 Å². The molecular formula is C14H18N4O. The average molecular weight is 258 g/mol. The summed E-state index contributed by atoms with van der Waals surface area (Å²) in [6, 6.07) is 5.70. The normalized spacial score (nSPS) is 17.0. The SMILES string of the molecule is CCN1CCN(C(=O)c2ccc3cc[nH]c3n2)CC1. The summed E-state index contributed by atoms with van der Waals surface area (Å²) in [6.45, 7) is 6.68. The molecule has 1 aliphatic rings. The molecule has 0 aliphatic carbocycles. The van der Waals surface area contributed by atoms with Crippen LogP contribution in [0.15, 0.2) is 24.4 Å². The summed E-state index contributed by atoms with van der Waals surface area (Å²) in [6.07, 6.45) is 1.84. The third kappa shape index (κ3) is 2.33. The number of carbonyl (C=O) groups is 1. The highest BCUT2D eigenvalue weighted by Crippen LogP contribution is 2.12. The van der Waals surface area contributed by atoms with E-state index in [4.69, 9.17) is 0 Å². The Balaban J connectivity index is 1.76. The van der Waals surface area contributed by atoms with Crippen LogP contribution in [-0.4, -0.2) is 58.4 Å². The fourth-order valence-electron chi connectivity index (χ4n) is 2.48. The van der Waals surface area contributed by atoms with E-state index in [1.807, 2.05) is 29.3 Å². The third-order valence-corrected chi connectivity index (χ3v) is 3.74. The molecule has 0 unspecified atom stereocenters. The summed E-state index contributed by atoms with van der Waals surface area (Å²) in [5, 5.41) is 1.03. The second-order valence-corrected chi connectivity index (χ2v) is 4.84. The zero-order valence-corrected chi connectivity index (χ0v) is 11.1. The molecule has 19 heavy (non-hydrogen) atoms. The van der Waals surface area contributed by atoms with Crippen molar-refractivity contribution in [1.82, 2.24) is 19.8 Å². The highest BCUT2D eigenvalue weighted by atomic mass is 16.2. The van der Waals surface area contributed by atoms with Gasteiger partial charge in [0.2, 0.25) is 0 Å². The van der Waals surface area contributed by atoms with Crippen LogP contribution in [0.3, 0.4) is 0 Å². The Morgan fingerprint density at radius 1 is 1.26 bits per heavy atom. The molecule has 1 amide bonds. The molecule has 0 aromatic carbocycles. The van der Waals surface area contributed by atoms with Gasteiger partial charge in [0, 0.05) is 37.8 Å². The van der Waals surface area contributed by atoms with Crippen LogP contribution in [0.5, 0.6) is 0 Å². The van der Waals surface area contributed by atoms with E-state index in [2.05, 4.69) is 21.8 Å². The molecule has 1 fully saturated rings. The highest BCUT2D eigenvalue weighted by Gasteiger charge is 2.22. The van der Waals surface area contributed by atoms with Crippen LogP contribution in [0, 0.1) is 0 Å². The summed E-state index contributed by atoms with van der Waals surface area (Å²) < 4.78 is 0. The largest absolute Gasteiger partial charge is 0.346 e. The quantitative estimate of drug-likeness (QED) is 0.884. The van der Waals surface area contributed by atoms with Crippen LogP contribution in [0.25, 0.3) is 11.0 Å². The average Bonchev–Trinajstić information content (AvgIpc) is 2.94. The summed E-state index contributed by atoms with van der Waals surface area (Å²) in [5.74, 6) is 0.0345. The minimum Gasteiger partial charge on any atom is -0.346 e. The summed E-state index contributed by atoms with van der Waals surface area (Å²) in [5.41, 5.74) is 1.30. The van der Waals surface area contributed by atoms with Gasteiger partial charge in [0.25, 0.3) is 5.91 Å². The van der Waals surface area contributed by atoms with Gasteiger partial charge in [0.1, 0.15) is 11.3 Å². The summed E-state index contributed by atoms with van der Waals surface area (Å²) >= 11 is 0. The van der Waals surface area contributed by atoms with Crippen LogP contribution in [0.2, 0.25) is 0 Å². The van der Waals surface area contributed by atoms with Crippen LogP contribution >= 0.6 is 0 Å². The predicted octanol–water partition coefficient (Wildman–Crippen LogP) is 1.34. The Hall–Kier alpha value is -1.88. The molecule has 1 saturated heterocycles. The number of piperazine rings is 1. The number of aromatic amines is 1. The van der Waals surface area contributed by atoms with Crippen molar-refractivity contribution in [2.75, 3.05) is 32.7 Å². The third-order valence-electron chi connectivity index (χ3n) is 3.74. The first-order chi connectivity index (χ1) is 9.28. The van der Waals surface area contributed by atoms with Crippen molar-refractivity contribution in [2.45, 2.75) is 6.92 Å².